The number of fused-ring (bicyclic) bond motifs is 1. The van der Waals surface area contributed by atoms with Crippen LogP contribution in [0.1, 0.15) is 63.0 Å². The zero-order valence-electron chi connectivity index (χ0n) is 13.2. The Balaban J connectivity index is 1.71. The van der Waals surface area contributed by atoms with Gasteiger partial charge in [0.15, 0.2) is 5.78 Å². The lowest BCUT2D eigenvalue weighted by Gasteiger charge is -2.24. The molecule has 1 saturated heterocycles. The maximum Gasteiger partial charge on any atom is 0.261 e. The topological polar surface area (TPSA) is 70.2 Å². The molecule has 0 aromatic carbocycles. The summed E-state index contributed by atoms with van der Waals surface area (Å²) < 4.78 is 0. The highest BCUT2D eigenvalue weighted by Gasteiger charge is 2.33. The summed E-state index contributed by atoms with van der Waals surface area (Å²) in [6.45, 7) is 0.645. The molecule has 1 amide bonds. The lowest BCUT2D eigenvalue weighted by molar-refractivity contribution is 0.0736. The van der Waals surface area contributed by atoms with Crippen molar-refractivity contribution in [1.29, 1.82) is 0 Å². The van der Waals surface area contributed by atoms with Crippen molar-refractivity contribution in [3.8, 4) is 0 Å². The van der Waals surface area contributed by atoms with E-state index >= 15 is 0 Å². The number of aromatic amines is 1. The molecular formula is C18H18N2O3S. The second-order valence-electron chi connectivity index (χ2n) is 6.35. The van der Waals surface area contributed by atoms with E-state index in [1.165, 1.54) is 6.07 Å². The zero-order chi connectivity index (χ0) is 16.7. The molecule has 0 saturated carbocycles. The smallest absolute Gasteiger partial charge is 0.261 e. The molecule has 2 aromatic heterocycles. The number of rotatable bonds is 2. The molecule has 1 atom stereocenters. The normalized spacial score (nSPS) is 20.2. The molecule has 4 rings (SSSR count). The summed E-state index contributed by atoms with van der Waals surface area (Å²) >= 11 is 1.63. The Morgan fingerprint density at radius 3 is 2.92 bits per heavy atom. The van der Waals surface area contributed by atoms with E-state index in [-0.39, 0.29) is 28.9 Å². The van der Waals surface area contributed by atoms with Gasteiger partial charge in [0.05, 0.1) is 6.04 Å². The Morgan fingerprint density at radius 2 is 2.12 bits per heavy atom. The van der Waals surface area contributed by atoms with E-state index in [1.54, 1.807) is 16.2 Å². The number of aromatic nitrogens is 1. The third kappa shape index (κ3) is 2.51. The minimum Gasteiger partial charge on any atom is -0.331 e. The molecule has 124 valence electrons. The molecule has 1 aliphatic carbocycles. The summed E-state index contributed by atoms with van der Waals surface area (Å²) in [4.78, 5) is 43.1. The predicted molar refractivity (Wildman–Crippen MR) is 91.7 cm³/mol. The fourth-order valence-corrected chi connectivity index (χ4v) is 4.55. The molecular weight excluding hydrogens is 324 g/mol. The fraction of sp³-hybridized carbons (Fsp3) is 0.389. The summed E-state index contributed by atoms with van der Waals surface area (Å²) in [5.41, 5.74) is 0.887. The number of amides is 1. The summed E-state index contributed by atoms with van der Waals surface area (Å²) in [6.07, 6.45) is 3.76. The Morgan fingerprint density at radius 1 is 1.25 bits per heavy atom. The maximum atomic E-state index is 13.0. The number of hydrogen-bond acceptors (Lipinski definition) is 4. The summed E-state index contributed by atoms with van der Waals surface area (Å²) in [5.74, 6) is -0.258. The van der Waals surface area contributed by atoms with Gasteiger partial charge in [-0.25, -0.2) is 0 Å². The van der Waals surface area contributed by atoms with Crippen molar-refractivity contribution in [2.45, 2.75) is 38.1 Å². The van der Waals surface area contributed by atoms with Crippen LogP contribution in [0.15, 0.2) is 28.4 Å². The highest BCUT2D eigenvalue weighted by atomic mass is 32.1. The SMILES string of the molecule is O=C1CCCc2[nH]c(=O)c(C(=O)N3CCC[C@H]3c3cccs3)cc21. The number of Topliss-reactive ketones (excluding diaryl/α,β-unsaturated/α-hetero) is 1. The van der Waals surface area contributed by atoms with Gasteiger partial charge in [0.1, 0.15) is 5.56 Å². The molecule has 0 spiro atoms. The highest BCUT2D eigenvalue weighted by molar-refractivity contribution is 7.10. The van der Waals surface area contributed by atoms with Gasteiger partial charge in [-0.15, -0.1) is 11.3 Å². The Kier molecular flexibility index (Phi) is 3.84. The lowest BCUT2D eigenvalue weighted by Crippen LogP contribution is -2.35. The van der Waals surface area contributed by atoms with Crippen molar-refractivity contribution in [2.24, 2.45) is 0 Å². The number of nitrogens with one attached hydrogen (secondary N) is 1. The number of ketones is 1. The summed E-state index contributed by atoms with van der Waals surface area (Å²) in [7, 11) is 0. The second kappa shape index (κ2) is 6.02. The largest absolute Gasteiger partial charge is 0.331 e. The third-order valence-corrected chi connectivity index (χ3v) is 5.84. The minimum absolute atomic E-state index is 0.0118. The van der Waals surface area contributed by atoms with Gasteiger partial charge in [0.2, 0.25) is 0 Å². The zero-order valence-corrected chi connectivity index (χ0v) is 14.0. The standard InChI is InChI=1S/C18H18N2O3S/c21-15-6-1-4-13-11(15)10-12(17(22)19-13)18(23)20-8-2-5-14(20)16-7-3-9-24-16/h3,7,9-10,14H,1-2,4-6,8H2,(H,19,22)/t14-/m0/s1. The van der Waals surface area contributed by atoms with Gasteiger partial charge in [-0.05, 0) is 43.2 Å². The lowest BCUT2D eigenvalue weighted by atomic mass is 9.93. The van der Waals surface area contributed by atoms with Gasteiger partial charge < -0.3 is 9.88 Å². The van der Waals surface area contributed by atoms with Gasteiger partial charge in [0.25, 0.3) is 11.5 Å². The van der Waals surface area contributed by atoms with Crippen molar-refractivity contribution in [3.63, 3.8) is 0 Å². The highest BCUT2D eigenvalue weighted by Crippen LogP contribution is 2.35. The fourth-order valence-electron chi connectivity index (χ4n) is 3.68. The van der Waals surface area contributed by atoms with Crippen LogP contribution in [0.4, 0.5) is 0 Å². The van der Waals surface area contributed by atoms with Crippen molar-refractivity contribution in [3.05, 3.63) is 55.6 Å². The van der Waals surface area contributed by atoms with E-state index in [4.69, 9.17) is 0 Å². The van der Waals surface area contributed by atoms with Gasteiger partial charge in [-0.3, -0.25) is 14.4 Å². The first-order chi connectivity index (χ1) is 11.6. The molecule has 0 bridgehead atoms. The Hall–Kier alpha value is -2.21. The monoisotopic (exact) mass is 342 g/mol. The van der Waals surface area contributed by atoms with Gasteiger partial charge in [0, 0.05) is 29.1 Å². The number of hydrogen-bond donors (Lipinski definition) is 1. The van der Waals surface area contributed by atoms with E-state index in [0.29, 0.717) is 30.6 Å². The summed E-state index contributed by atoms with van der Waals surface area (Å²) in [6, 6.07) is 5.55. The first kappa shape index (κ1) is 15.3. The maximum absolute atomic E-state index is 13.0. The van der Waals surface area contributed by atoms with Crippen LogP contribution in [0.3, 0.4) is 0 Å². The first-order valence-corrected chi connectivity index (χ1v) is 9.17. The Bertz CT molecular complexity index is 854. The molecule has 1 N–H and O–H groups in total. The number of carbonyl (C=O) groups is 2. The van der Waals surface area contributed by atoms with E-state index in [1.807, 2.05) is 17.5 Å². The molecule has 2 aromatic rings. The average Bonchev–Trinajstić information content (AvgIpc) is 3.25. The molecule has 3 heterocycles. The number of pyridine rings is 1. The number of H-pyrrole nitrogens is 1. The van der Waals surface area contributed by atoms with Crippen LogP contribution in [-0.2, 0) is 6.42 Å². The van der Waals surface area contributed by atoms with Crippen LogP contribution in [0.25, 0.3) is 0 Å². The molecule has 1 aliphatic heterocycles. The van der Waals surface area contributed by atoms with Crippen LogP contribution < -0.4 is 5.56 Å². The number of thiophene rings is 1. The van der Waals surface area contributed by atoms with E-state index in [2.05, 4.69) is 4.98 Å². The van der Waals surface area contributed by atoms with Gasteiger partial charge >= 0.3 is 0 Å². The van der Waals surface area contributed by atoms with Crippen LogP contribution in [-0.4, -0.2) is 28.1 Å². The van der Waals surface area contributed by atoms with Crippen molar-refractivity contribution in [1.82, 2.24) is 9.88 Å². The van der Waals surface area contributed by atoms with Gasteiger partial charge in [-0.1, -0.05) is 6.07 Å². The molecule has 0 radical (unpaired) electrons. The third-order valence-electron chi connectivity index (χ3n) is 4.87. The molecule has 5 nitrogen and oxygen atoms in total. The van der Waals surface area contributed by atoms with E-state index < -0.39 is 0 Å². The molecule has 0 unspecified atom stereocenters. The quantitative estimate of drug-likeness (QED) is 0.912. The number of nitrogens with zero attached hydrogens (tertiary/aromatic N) is 1. The average molecular weight is 342 g/mol. The van der Waals surface area contributed by atoms with E-state index in [9.17, 15) is 14.4 Å². The van der Waals surface area contributed by atoms with Crippen molar-refractivity contribution >= 4 is 23.0 Å². The molecule has 2 aliphatic rings. The number of likely N-dealkylation sites (tertiary alicyclic amines) is 1. The molecule has 24 heavy (non-hydrogen) atoms. The van der Waals surface area contributed by atoms with Crippen LogP contribution in [0.5, 0.6) is 0 Å². The number of carbonyl (C=O) groups excluding carboxylic acids is 2. The summed E-state index contributed by atoms with van der Waals surface area (Å²) in [5, 5.41) is 2.00. The van der Waals surface area contributed by atoms with Crippen molar-refractivity contribution in [2.75, 3.05) is 6.54 Å². The minimum atomic E-state index is -0.384. The second-order valence-corrected chi connectivity index (χ2v) is 7.33. The molecule has 1 fully saturated rings. The van der Waals surface area contributed by atoms with Crippen LogP contribution in [0, 0.1) is 0 Å². The Labute approximate surface area is 143 Å². The van der Waals surface area contributed by atoms with Gasteiger partial charge in [-0.2, -0.15) is 0 Å². The van der Waals surface area contributed by atoms with Crippen LogP contribution in [0.2, 0.25) is 0 Å². The molecule has 6 heteroatoms. The van der Waals surface area contributed by atoms with Crippen LogP contribution >= 0.6 is 11.3 Å². The number of aryl methyl sites for hydroxylation is 1. The first-order valence-electron chi connectivity index (χ1n) is 8.29. The van der Waals surface area contributed by atoms with E-state index in [0.717, 1.165) is 24.1 Å². The van der Waals surface area contributed by atoms with Crippen molar-refractivity contribution < 1.29 is 9.59 Å². The predicted octanol–water partition coefficient (Wildman–Crippen LogP) is 2.93.